The van der Waals surface area contributed by atoms with E-state index in [9.17, 15) is 18.0 Å². The second kappa shape index (κ2) is 5.75. The van der Waals surface area contributed by atoms with Crippen LogP contribution in [0, 0.1) is 0 Å². The van der Waals surface area contributed by atoms with Crippen LogP contribution >= 0.6 is 0 Å². The highest BCUT2D eigenvalue weighted by atomic mass is 32.3. The highest BCUT2D eigenvalue weighted by Gasteiger charge is 2.49. The Hall–Kier alpha value is -1.43. The molecule has 0 radical (unpaired) electrons. The van der Waals surface area contributed by atoms with Crippen molar-refractivity contribution >= 4 is 22.3 Å². The quantitative estimate of drug-likeness (QED) is 0.438. The molecule has 0 aromatic carbocycles. The van der Waals surface area contributed by atoms with Gasteiger partial charge in [0, 0.05) is 12.6 Å². The SMILES string of the molecule is CC(C)NNC(=O)[C@@H]1CCC2CN1C(=O)N2OS(=O)(=O)O. The zero-order valence-electron chi connectivity index (χ0n) is 11.6. The molecule has 0 saturated carbocycles. The molecule has 2 atom stereocenters. The van der Waals surface area contributed by atoms with Crippen molar-refractivity contribution in [2.75, 3.05) is 6.54 Å². The summed E-state index contributed by atoms with van der Waals surface area (Å²) in [7, 11) is -4.77. The lowest BCUT2D eigenvalue weighted by Crippen LogP contribution is -2.54. The van der Waals surface area contributed by atoms with Gasteiger partial charge in [-0.25, -0.2) is 10.2 Å². The minimum atomic E-state index is -4.77. The second-order valence-corrected chi connectivity index (χ2v) is 6.30. The molecule has 10 nitrogen and oxygen atoms in total. The molecule has 2 bridgehead atoms. The fourth-order valence-electron chi connectivity index (χ4n) is 2.40. The monoisotopic (exact) mass is 322 g/mol. The number of piperidine rings is 1. The average Bonchev–Trinajstić information content (AvgIpc) is 2.60. The first-order valence-electron chi connectivity index (χ1n) is 6.51. The third kappa shape index (κ3) is 3.61. The number of amides is 3. The summed E-state index contributed by atoms with van der Waals surface area (Å²) in [6.07, 6.45) is 0.783. The van der Waals surface area contributed by atoms with Crippen LogP contribution in [0.2, 0.25) is 0 Å². The number of nitrogens with zero attached hydrogens (tertiary/aromatic N) is 2. The Kier molecular flexibility index (Phi) is 4.37. The number of carbonyl (C=O) groups excluding carboxylic acids is 2. The Bertz CT molecular complexity index is 536. The Balaban J connectivity index is 2.05. The van der Waals surface area contributed by atoms with Crippen LogP contribution in [0.5, 0.6) is 0 Å². The number of hydrogen-bond acceptors (Lipinski definition) is 6. The van der Waals surface area contributed by atoms with Crippen LogP contribution in [-0.2, 0) is 19.5 Å². The number of urea groups is 1. The fourth-order valence-corrected chi connectivity index (χ4v) is 2.79. The molecule has 2 aliphatic rings. The maximum atomic E-state index is 12.1. The summed E-state index contributed by atoms with van der Waals surface area (Å²) in [6, 6.07) is -1.91. The van der Waals surface area contributed by atoms with Gasteiger partial charge in [-0.3, -0.25) is 14.8 Å². The van der Waals surface area contributed by atoms with E-state index in [4.69, 9.17) is 4.55 Å². The molecule has 2 aliphatic heterocycles. The molecule has 2 saturated heterocycles. The van der Waals surface area contributed by atoms with Crippen molar-refractivity contribution < 1.29 is 26.8 Å². The van der Waals surface area contributed by atoms with Crippen molar-refractivity contribution in [2.24, 2.45) is 0 Å². The molecule has 0 spiro atoms. The van der Waals surface area contributed by atoms with Gasteiger partial charge in [-0.15, -0.1) is 4.28 Å². The first-order valence-corrected chi connectivity index (χ1v) is 7.88. The van der Waals surface area contributed by atoms with Crippen LogP contribution < -0.4 is 10.9 Å². The molecule has 2 heterocycles. The summed E-state index contributed by atoms with van der Waals surface area (Å²) >= 11 is 0. The molecule has 120 valence electrons. The second-order valence-electron chi connectivity index (χ2n) is 5.30. The third-order valence-corrected chi connectivity index (χ3v) is 3.63. The highest BCUT2D eigenvalue weighted by Crippen LogP contribution is 2.30. The van der Waals surface area contributed by atoms with Gasteiger partial charge in [-0.1, -0.05) is 0 Å². The summed E-state index contributed by atoms with van der Waals surface area (Å²) in [5.41, 5.74) is 5.26. The van der Waals surface area contributed by atoms with Crippen LogP contribution in [0.15, 0.2) is 0 Å². The molecule has 0 aromatic rings. The summed E-state index contributed by atoms with van der Waals surface area (Å²) < 4.78 is 34.4. The zero-order valence-corrected chi connectivity index (χ0v) is 12.5. The number of hydroxylamine groups is 2. The first-order chi connectivity index (χ1) is 9.69. The molecule has 0 aliphatic carbocycles. The average molecular weight is 322 g/mol. The van der Waals surface area contributed by atoms with E-state index in [0.29, 0.717) is 17.9 Å². The molecular weight excluding hydrogens is 304 g/mol. The van der Waals surface area contributed by atoms with E-state index < -0.39 is 28.5 Å². The molecule has 3 N–H and O–H groups in total. The summed E-state index contributed by atoms with van der Waals surface area (Å²) in [4.78, 5) is 25.3. The van der Waals surface area contributed by atoms with Gasteiger partial charge in [0.15, 0.2) is 0 Å². The van der Waals surface area contributed by atoms with E-state index >= 15 is 0 Å². The standard InChI is InChI=1S/C10H18N4O6S/c1-6(2)11-12-9(15)8-4-3-7-5-13(8)10(16)14(7)20-21(17,18)19/h6-8,11H,3-5H2,1-2H3,(H,12,15)(H,17,18,19)/t7?,8-/m0/s1. The molecule has 21 heavy (non-hydrogen) atoms. The van der Waals surface area contributed by atoms with Crippen molar-refractivity contribution in [3.05, 3.63) is 0 Å². The first kappa shape index (κ1) is 15.9. The number of rotatable bonds is 5. The minimum Gasteiger partial charge on any atom is -0.309 e. The van der Waals surface area contributed by atoms with Crippen molar-refractivity contribution in [3.63, 3.8) is 0 Å². The van der Waals surface area contributed by atoms with Gasteiger partial charge in [0.2, 0.25) is 0 Å². The van der Waals surface area contributed by atoms with Crippen LogP contribution in [0.25, 0.3) is 0 Å². The number of hydrazine groups is 1. The highest BCUT2D eigenvalue weighted by molar-refractivity contribution is 7.80. The Morgan fingerprint density at radius 2 is 2.10 bits per heavy atom. The van der Waals surface area contributed by atoms with Gasteiger partial charge in [-0.05, 0) is 26.7 Å². The Labute approximate surface area is 122 Å². The van der Waals surface area contributed by atoms with Gasteiger partial charge in [0.1, 0.15) is 6.04 Å². The van der Waals surface area contributed by atoms with Gasteiger partial charge in [-0.2, -0.15) is 13.5 Å². The molecule has 2 fully saturated rings. The van der Waals surface area contributed by atoms with E-state index in [0.717, 1.165) is 0 Å². The molecule has 0 aromatic heterocycles. The summed E-state index contributed by atoms with van der Waals surface area (Å²) in [5.74, 6) is -0.371. The lowest BCUT2D eigenvalue weighted by molar-refractivity contribution is -0.127. The minimum absolute atomic E-state index is 0.0407. The number of carbonyl (C=O) groups is 2. The maximum absolute atomic E-state index is 12.1. The van der Waals surface area contributed by atoms with Gasteiger partial charge in [0.05, 0.1) is 6.04 Å². The number of nitrogens with one attached hydrogen (secondary N) is 2. The lowest BCUT2D eigenvalue weighted by Gasteiger charge is -2.29. The van der Waals surface area contributed by atoms with Crippen LogP contribution in [0.1, 0.15) is 26.7 Å². The molecule has 11 heteroatoms. The lowest BCUT2D eigenvalue weighted by atomic mass is 10.0. The predicted octanol–water partition coefficient (Wildman–Crippen LogP) is -0.981. The maximum Gasteiger partial charge on any atom is 0.418 e. The number of fused-ring (bicyclic) bond motifs is 2. The topological polar surface area (TPSA) is 128 Å². The summed E-state index contributed by atoms with van der Waals surface area (Å²) in [6.45, 7) is 3.87. The van der Waals surface area contributed by atoms with Crippen molar-refractivity contribution in [1.29, 1.82) is 0 Å². The van der Waals surface area contributed by atoms with Gasteiger partial charge in [0.25, 0.3) is 5.91 Å². The Morgan fingerprint density at radius 3 is 2.67 bits per heavy atom. The van der Waals surface area contributed by atoms with E-state index in [1.165, 1.54) is 4.90 Å². The van der Waals surface area contributed by atoms with Crippen molar-refractivity contribution in [3.8, 4) is 0 Å². The predicted molar refractivity (Wildman–Crippen MR) is 69.8 cm³/mol. The molecular formula is C10H18N4O6S. The molecule has 1 unspecified atom stereocenters. The van der Waals surface area contributed by atoms with E-state index in [1.807, 2.05) is 13.8 Å². The zero-order chi connectivity index (χ0) is 15.8. The third-order valence-electron chi connectivity index (χ3n) is 3.28. The molecule has 3 amide bonds. The Morgan fingerprint density at radius 1 is 1.43 bits per heavy atom. The fraction of sp³-hybridized carbons (Fsp3) is 0.800. The van der Waals surface area contributed by atoms with Crippen LogP contribution in [0.4, 0.5) is 4.79 Å². The van der Waals surface area contributed by atoms with Crippen molar-refractivity contribution in [1.82, 2.24) is 20.8 Å². The summed E-state index contributed by atoms with van der Waals surface area (Å²) in [5, 5.41) is 0.610. The normalized spacial score (nSPS) is 25.6. The largest absolute Gasteiger partial charge is 0.418 e. The van der Waals surface area contributed by atoms with E-state index in [2.05, 4.69) is 15.1 Å². The molecule has 2 rings (SSSR count). The smallest absolute Gasteiger partial charge is 0.309 e. The van der Waals surface area contributed by atoms with E-state index in [1.54, 1.807) is 0 Å². The van der Waals surface area contributed by atoms with Gasteiger partial charge < -0.3 is 4.90 Å². The van der Waals surface area contributed by atoms with Crippen LogP contribution in [-0.4, -0.2) is 59.5 Å². The number of hydrogen-bond donors (Lipinski definition) is 3. The van der Waals surface area contributed by atoms with Crippen molar-refractivity contribution in [2.45, 2.75) is 44.8 Å². The van der Waals surface area contributed by atoms with Gasteiger partial charge >= 0.3 is 16.4 Å². The van der Waals surface area contributed by atoms with Crippen LogP contribution in [0.3, 0.4) is 0 Å². The van der Waals surface area contributed by atoms with E-state index in [-0.39, 0.29) is 18.5 Å².